The fraction of sp³-hybridized carbons (Fsp3) is 0.357. The second kappa shape index (κ2) is 7.39. The van der Waals surface area contributed by atoms with E-state index in [9.17, 15) is 4.79 Å². The molecular formula is C14H17N3O4. The molecule has 0 radical (unpaired) electrons. The summed E-state index contributed by atoms with van der Waals surface area (Å²) in [6, 6.07) is 9.40. The van der Waals surface area contributed by atoms with Crippen LogP contribution in [0.5, 0.6) is 5.75 Å². The summed E-state index contributed by atoms with van der Waals surface area (Å²) in [6.07, 6.45) is 0.441. The summed E-state index contributed by atoms with van der Waals surface area (Å²) >= 11 is 0. The van der Waals surface area contributed by atoms with Crippen molar-refractivity contribution in [3.63, 3.8) is 0 Å². The number of benzene rings is 1. The average molecular weight is 291 g/mol. The van der Waals surface area contributed by atoms with Gasteiger partial charge in [-0.15, -0.1) is 5.10 Å². The number of carbonyl (C=O) groups is 1. The zero-order valence-electron chi connectivity index (χ0n) is 11.7. The fourth-order valence-corrected chi connectivity index (χ4v) is 1.89. The van der Waals surface area contributed by atoms with E-state index in [4.69, 9.17) is 14.6 Å². The summed E-state index contributed by atoms with van der Waals surface area (Å²) in [7, 11) is 1.56. The van der Waals surface area contributed by atoms with Gasteiger partial charge in [-0.05, 0) is 12.1 Å². The number of hydrogen-bond donors (Lipinski definition) is 1. The number of aromatic nitrogens is 3. The molecule has 0 saturated heterocycles. The van der Waals surface area contributed by atoms with Gasteiger partial charge in [0, 0.05) is 13.5 Å². The molecule has 112 valence electrons. The molecule has 1 aromatic carbocycles. The lowest BCUT2D eigenvalue weighted by atomic mass is 10.2. The van der Waals surface area contributed by atoms with Crippen molar-refractivity contribution in [1.29, 1.82) is 0 Å². The molecule has 0 spiro atoms. The van der Waals surface area contributed by atoms with Crippen LogP contribution in [0.4, 0.5) is 0 Å². The Hall–Kier alpha value is -2.41. The third-order valence-electron chi connectivity index (χ3n) is 2.90. The summed E-state index contributed by atoms with van der Waals surface area (Å²) in [6.45, 7) is 1.22. The Balaban J connectivity index is 2.00. The molecular weight excluding hydrogens is 274 g/mol. The third kappa shape index (κ3) is 4.03. The molecule has 0 fully saturated rings. The second-order valence-corrected chi connectivity index (χ2v) is 4.32. The van der Waals surface area contributed by atoms with Gasteiger partial charge in [-0.2, -0.15) is 0 Å². The van der Waals surface area contributed by atoms with Gasteiger partial charge in [-0.25, -0.2) is 9.48 Å². The minimum absolute atomic E-state index is 0.0354. The fourth-order valence-electron chi connectivity index (χ4n) is 1.89. The first-order valence-corrected chi connectivity index (χ1v) is 6.55. The van der Waals surface area contributed by atoms with E-state index in [1.165, 1.54) is 0 Å². The van der Waals surface area contributed by atoms with Gasteiger partial charge in [0.15, 0.2) is 5.69 Å². The number of rotatable bonds is 8. The Labute approximate surface area is 122 Å². The first-order valence-electron chi connectivity index (χ1n) is 6.55. The van der Waals surface area contributed by atoms with Crippen molar-refractivity contribution >= 4 is 5.97 Å². The number of ether oxygens (including phenoxy) is 2. The molecule has 1 aromatic heterocycles. The van der Waals surface area contributed by atoms with Gasteiger partial charge < -0.3 is 14.6 Å². The van der Waals surface area contributed by atoms with Crippen molar-refractivity contribution in [1.82, 2.24) is 15.0 Å². The molecule has 0 aliphatic carbocycles. The lowest BCUT2D eigenvalue weighted by Crippen LogP contribution is -2.15. The van der Waals surface area contributed by atoms with E-state index in [1.807, 2.05) is 30.3 Å². The first-order chi connectivity index (χ1) is 10.2. The average Bonchev–Trinajstić information content (AvgIpc) is 2.89. The predicted molar refractivity (Wildman–Crippen MR) is 74.5 cm³/mol. The Morgan fingerprint density at radius 1 is 1.29 bits per heavy atom. The highest BCUT2D eigenvalue weighted by atomic mass is 16.5. The molecule has 0 unspecified atom stereocenters. The molecule has 0 aliphatic heterocycles. The molecule has 1 heterocycles. The molecule has 0 aliphatic rings. The smallest absolute Gasteiger partial charge is 0.358 e. The third-order valence-corrected chi connectivity index (χ3v) is 2.90. The number of carboxylic acid groups (broad SMARTS) is 1. The number of aromatic carboxylic acids is 1. The molecule has 0 atom stereocenters. The molecule has 0 bridgehead atoms. The maximum atomic E-state index is 11.1. The first kappa shape index (κ1) is 15.0. The molecule has 21 heavy (non-hydrogen) atoms. The minimum atomic E-state index is -1.09. The summed E-state index contributed by atoms with van der Waals surface area (Å²) in [5.74, 6) is -0.328. The molecule has 2 aromatic rings. The van der Waals surface area contributed by atoms with Gasteiger partial charge in [-0.1, -0.05) is 23.4 Å². The van der Waals surface area contributed by atoms with Gasteiger partial charge in [-0.3, -0.25) is 0 Å². The monoisotopic (exact) mass is 291 g/mol. The molecule has 2 rings (SSSR count). The van der Waals surface area contributed by atoms with E-state index < -0.39 is 5.97 Å². The quantitative estimate of drug-likeness (QED) is 0.787. The van der Waals surface area contributed by atoms with Gasteiger partial charge in [0.25, 0.3) is 0 Å². The van der Waals surface area contributed by atoms with Crippen LogP contribution < -0.4 is 4.74 Å². The highest BCUT2D eigenvalue weighted by Crippen LogP contribution is 2.10. The lowest BCUT2D eigenvalue weighted by molar-refractivity contribution is 0.0688. The lowest BCUT2D eigenvalue weighted by Gasteiger charge is -2.08. The minimum Gasteiger partial charge on any atom is -0.492 e. The van der Waals surface area contributed by atoms with Crippen LogP contribution in [0.2, 0.25) is 0 Å². The van der Waals surface area contributed by atoms with E-state index in [-0.39, 0.29) is 5.69 Å². The summed E-state index contributed by atoms with van der Waals surface area (Å²) in [4.78, 5) is 11.1. The Morgan fingerprint density at radius 2 is 2.05 bits per heavy atom. The van der Waals surface area contributed by atoms with Crippen LogP contribution in [0.1, 0.15) is 16.2 Å². The Morgan fingerprint density at radius 3 is 2.71 bits per heavy atom. The van der Waals surface area contributed by atoms with E-state index in [0.717, 1.165) is 5.75 Å². The van der Waals surface area contributed by atoms with Gasteiger partial charge in [0.1, 0.15) is 12.4 Å². The van der Waals surface area contributed by atoms with Crippen LogP contribution >= 0.6 is 0 Å². The van der Waals surface area contributed by atoms with Crippen molar-refractivity contribution in [2.75, 3.05) is 20.3 Å². The van der Waals surface area contributed by atoms with Crippen LogP contribution in [-0.4, -0.2) is 46.4 Å². The summed E-state index contributed by atoms with van der Waals surface area (Å²) < 4.78 is 12.1. The number of para-hydroxylation sites is 1. The van der Waals surface area contributed by atoms with Crippen LogP contribution in [0.3, 0.4) is 0 Å². The van der Waals surface area contributed by atoms with Gasteiger partial charge in [0.05, 0.1) is 18.8 Å². The van der Waals surface area contributed by atoms with E-state index in [1.54, 1.807) is 11.8 Å². The van der Waals surface area contributed by atoms with Crippen LogP contribution in [-0.2, 0) is 17.7 Å². The van der Waals surface area contributed by atoms with Crippen LogP contribution in [0.25, 0.3) is 0 Å². The van der Waals surface area contributed by atoms with Crippen LogP contribution in [0, 0.1) is 0 Å². The van der Waals surface area contributed by atoms with E-state index >= 15 is 0 Å². The molecule has 1 N–H and O–H groups in total. The van der Waals surface area contributed by atoms with Gasteiger partial charge >= 0.3 is 5.97 Å². The highest BCUT2D eigenvalue weighted by Gasteiger charge is 2.18. The van der Waals surface area contributed by atoms with Crippen LogP contribution in [0.15, 0.2) is 30.3 Å². The number of hydrogen-bond acceptors (Lipinski definition) is 5. The van der Waals surface area contributed by atoms with E-state index in [2.05, 4.69) is 10.3 Å². The topological polar surface area (TPSA) is 86.5 Å². The molecule has 7 nitrogen and oxygen atoms in total. The van der Waals surface area contributed by atoms with Crippen molar-refractivity contribution in [3.8, 4) is 5.75 Å². The zero-order chi connectivity index (χ0) is 15.1. The van der Waals surface area contributed by atoms with Crippen molar-refractivity contribution in [2.45, 2.75) is 13.0 Å². The standard InChI is InChI=1S/C14H17N3O4/c1-20-9-7-12-13(14(18)19)15-16-17(12)8-10-21-11-5-3-2-4-6-11/h2-6H,7-10H2,1H3,(H,18,19). The molecule has 0 saturated carbocycles. The largest absolute Gasteiger partial charge is 0.492 e. The Kier molecular flexibility index (Phi) is 5.28. The Bertz CT molecular complexity index is 583. The number of nitrogens with zero attached hydrogens (tertiary/aromatic N) is 3. The van der Waals surface area contributed by atoms with Crippen molar-refractivity contribution < 1.29 is 19.4 Å². The van der Waals surface area contributed by atoms with Crippen molar-refractivity contribution in [2.24, 2.45) is 0 Å². The maximum absolute atomic E-state index is 11.1. The zero-order valence-corrected chi connectivity index (χ0v) is 11.7. The molecule has 0 amide bonds. The van der Waals surface area contributed by atoms with Crippen molar-refractivity contribution in [3.05, 3.63) is 41.7 Å². The summed E-state index contributed by atoms with van der Waals surface area (Å²) in [5.41, 5.74) is 0.507. The highest BCUT2D eigenvalue weighted by molar-refractivity contribution is 5.86. The number of carboxylic acids is 1. The summed E-state index contributed by atoms with van der Waals surface area (Å²) in [5, 5.41) is 16.7. The normalized spacial score (nSPS) is 10.5. The van der Waals surface area contributed by atoms with E-state index in [0.29, 0.717) is 31.9 Å². The maximum Gasteiger partial charge on any atom is 0.358 e. The predicted octanol–water partition coefficient (Wildman–Crippen LogP) is 1.24. The second-order valence-electron chi connectivity index (χ2n) is 4.32. The SMILES string of the molecule is COCCc1c(C(=O)O)nnn1CCOc1ccccc1. The number of methoxy groups -OCH3 is 1. The molecule has 7 heteroatoms. The van der Waals surface area contributed by atoms with Gasteiger partial charge in [0.2, 0.25) is 0 Å².